The number of nitrogens with zero attached hydrogens (tertiary/aromatic N) is 2. The van der Waals surface area contributed by atoms with Crippen molar-refractivity contribution in [2.75, 3.05) is 13.1 Å². The van der Waals surface area contributed by atoms with E-state index in [0.717, 1.165) is 16.3 Å². The van der Waals surface area contributed by atoms with Crippen LogP contribution in [-0.4, -0.2) is 29.0 Å². The molecule has 0 aliphatic rings. The third kappa shape index (κ3) is 3.35. The molecule has 2 rings (SSSR count). The van der Waals surface area contributed by atoms with E-state index in [1.807, 2.05) is 17.5 Å². The van der Waals surface area contributed by atoms with E-state index in [1.54, 1.807) is 12.4 Å². The summed E-state index contributed by atoms with van der Waals surface area (Å²) in [5, 5.41) is 5.52. The lowest BCUT2D eigenvalue weighted by Gasteiger charge is -2.00. The summed E-state index contributed by atoms with van der Waals surface area (Å²) < 4.78 is 0. The third-order valence-electron chi connectivity index (χ3n) is 2.29. The molecule has 2 aromatic rings. The van der Waals surface area contributed by atoms with E-state index in [9.17, 15) is 4.79 Å². The molecule has 6 heteroatoms. The van der Waals surface area contributed by atoms with Crippen molar-refractivity contribution in [3.63, 3.8) is 0 Å². The molecule has 0 unspecified atom stereocenters. The molecule has 2 heterocycles. The minimum atomic E-state index is -0.0490. The lowest BCUT2D eigenvalue weighted by molar-refractivity contribution is -0.120. The predicted octanol–water partition coefficient (Wildman–Crippen LogP) is 0.823. The van der Waals surface area contributed by atoms with Gasteiger partial charge in [0, 0.05) is 36.4 Å². The van der Waals surface area contributed by atoms with Crippen LogP contribution in [-0.2, 0) is 11.2 Å². The van der Waals surface area contributed by atoms with Gasteiger partial charge in [-0.15, -0.1) is 11.3 Å². The van der Waals surface area contributed by atoms with Crippen molar-refractivity contribution in [2.24, 2.45) is 5.73 Å². The highest BCUT2D eigenvalue weighted by molar-refractivity contribution is 7.13. The topological polar surface area (TPSA) is 80.9 Å². The SMILES string of the molecule is NCCNC(=O)Cc1csc(-c2ccncc2)n1. The number of carbonyl (C=O) groups is 1. The Kier molecular flexibility index (Phi) is 4.38. The molecule has 0 saturated heterocycles. The fourth-order valence-corrected chi connectivity index (χ4v) is 2.28. The van der Waals surface area contributed by atoms with Gasteiger partial charge in [-0.3, -0.25) is 9.78 Å². The molecular formula is C12H14N4OS. The molecule has 0 fully saturated rings. The second kappa shape index (κ2) is 6.23. The average Bonchev–Trinajstić information content (AvgIpc) is 2.86. The van der Waals surface area contributed by atoms with E-state index in [2.05, 4.69) is 15.3 Å². The van der Waals surface area contributed by atoms with Crippen LogP contribution < -0.4 is 11.1 Å². The van der Waals surface area contributed by atoms with Crippen LogP contribution in [0.4, 0.5) is 0 Å². The number of thiazole rings is 1. The molecule has 94 valence electrons. The maximum Gasteiger partial charge on any atom is 0.226 e. The average molecular weight is 262 g/mol. The lowest BCUT2D eigenvalue weighted by Crippen LogP contribution is -2.30. The van der Waals surface area contributed by atoms with Gasteiger partial charge in [0.1, 0.15) is 5.01 Å². The number of amides is 1. The minimum absolute atomic E-state index is 0.0490. The fraction of sp³-hybridized carbons (Fsp3) is 0.250. The van der Waals surface area contributed by atoms with Crippen molar-refractivity contribution in [3.8, 4) is 10.6 Å². The van der Waals surface area contributed by atoms with Gasteiger partial charge in [0.15, 0.2) is 0 Å². The van der Waals surface area contributed by atoms with Crippen molar-refractivity contribution in [1.82, 2.24) is 15.3 Å². The summed E-state index contributed by atoms with van der Waals surface area (Å²) >= 11 is 1.52. The number of hydrogen-bond donors (Lipinski definition) is 2. The van der Waals surface area contributed by atoms with Crippen molar-refractivity contribution in [1.29, 1.82) is 0 Å². The van der Waals surface area contributed by atoms with Gasteiger partial charge in [-0.25, -0.2) is 4.98 Å². The number of pyridine rings is 1. The molecule has 0 aromatic carbocycles. The smallest absolute Gasteiger partial charge is 0.226 e. The maximum absolute atomic E-state index is 11.5. The zero-order valence-electron chi connectivity index (χ0n) is 9.80. The van der Waals surface area contributed by atoms with Crippen molar-refractivity contribution < 1.29 is 4.79 Å². The largest absolute Gasteiger partial charge is 0.354 e. The Labute approximate surface area is 109 Å². The number of nitrogens with one attached hydrogen (secondary N) is 1. The van der Waals surface area contributed by atoms with Crippen LogP contribution in [0.3, 0.4) is 0 Å². The summed E-state index contributed by atoms with van der Waals surface area (Å²) in [5.74, 6) is -0.0490. The van der Waals surface area contributed by atoms with Crippen LogP contribution in [0.15, 0.2) is 29.9 Å². The van der Waals surface area contributed by atoms with Crippen LogP contribution in [0.25, 0.3) is 10.6 Å². The highest BCUT2D eigenvalue weighted by atomic mass is 32.1. The first-order valence-corrected chi connectivity index (χ1v) is 6.49. The van der Waals surface area contributed by atoms with Crippen LogP contribution in [0.2, 0.25) is 0 Å². The van der Waals surface area contributed by atoms with E-state index in [1.165, 1.54) is 11.3 Å². The number of rotatable bonds is 5. The van der Waals surface area contributed by atoms with Crippen LogP contribution in [0.5, 0.6) is 0 Å². The van der Waals surface area contributed by atoms with E-state index >= 15 is 0 Å². The standard InChI is InChI=1S/C12H14N4OS/c13-3-6-15-11(17)7-10-8-18-12(16-10)9-1-4-14-5-2-9/h1-2,4-5,8H,3,6-7,13H2,(H,15,17). The monoisotopic (exact) mass is 262 g/mol. The fourth-order valence-electron chi connectivity index (χ4n) is 1.45. The molecule has 1 amide bonds. The number of nitrogens with two attached hydrogens (primary N) is 1. The van der Waals surface area contributed by atoms with Gasteiger partial charge in [-0.2, -0.15) is 0 Å². The molecule has 3 N–H and O–H groups in total. The third-order valence-corrected chi connectivity index (χ3v) is 3.23. The Hall–Kier alpha value is -1.79. The number of carbonyl (C=O) groups excluding carboxylic acids is 1. The summed E-state index contributed by atoms with van der Waals surface area (Å²) in [4.78, 5) is 19.9. The molecule has 18 heavy (non-hydrogen) atoms. The number of hydrogen-bond acceptors (Lipinski definition) is 5. The highest BCUT2D eigenvalue weighted by Crippen LogP contribution is 2.22. The van der Waals surface area contributed by atoms with Gasteiger partial charge in [-0.05, 0) is 12.1 Å². The molecule has 0 aliphatic carbocycles. The van der Waals surface area contributed by atoms with Gasteiger partial charge in [0.2, 0.25) is 5.91 Å². The van der Waals surface area contributed by atoms with Crippen molar-refractivity contribution >= 4 is 17.2 Å². The van der Waals surface area contributed by atoms with Gasteiger partial charge in [0.05, 0.1) is 12.1 Å². The normalized spacial score (nSPS) is 10.3. The first kappa shape index (κ1) is 12.7. The zero-order chi connectivity index (χ0) is 12.8. The summed E-state index contributed by atoms with van der Waals surface area (Å²) in [6.45, 7) is 0.950. The Bertz CT molecular complexity index is 512. The Morgan fingerprint density at radius 2 is 2.17 bits per heavy atom. The second-order valence-electron chi connectivity index (χ2n) is 3.70. The molecule has 5 nitrogen and oxygen atoms in total. The van der Waals surface area contributed by atoms with E-state index in [0.29, 0.717) is 19.5 Å². The molecule has 2 aromatic heterocycles. The quantitative estimate of drug-likeness (QED) is 0.836. The molecule has 0 atom stereocenters. The Morgan fingerprint density at radius 1 is 1.39 bits per heavy atom. The van der Waals surface area contributed by atoms with Gasteiger partial charge in [-0.1, -0.05) is 0 Å². The maximum atomic E-state index is 11.5. The summed E-state index contributed by atoms with van der Waals surface area (Å²) in [6, 6.07) is 3.80. The highest BCUT2D eigenvalue weighted by Gasteiger charge is 2.08. The second-order valence-corrected chi connectivity index (χ2v) is 4.55. The molecule has 0 saturated carbocycles. The van der Waals surface area contributed by atoms with E-state index in [-0.39, 0.29) is 5.91 Å². The summed E-state index contributed by atoms with van der Waals surface area (Å²) in [5.41, 5.74) is 7.11. The van der Waals surface area contributed by atoms with Crippen molar-refractivity contribution in [2.45, 2.75) is 6.42 Å². The molecular weight excluding hydrogens is 248 g/mol. The number of aromatic nitrogens is 2. The molecule has 0 aliphatic heterocycles. The van der Waals surface area contributed by atoms with Gasteiger partial charge in [0.25, 0.3) is 0 Å². The van der Waals surface area contributed by atoms with Gasteiger partial charge < -0.3 is 11.1 Å². The Morgan fingerprint density at radius 3 is 2.89 bits per heavy atom. The molecule has 0 spiro atoms. The van der Waals surface area contributed by atoms with E-state index in [4.69, 9.17) is 5.73 Å². The van der Waals surface area contributed by atoms with Crippen LogP contribution in [0, 0.1) is 0 Å². The Balaban J connectivity index is 2.00. The minimum Gasteiger partial charge on any atom is -0.354 e. The molecule has 0 radical (unpaired) electrons. The van der Waals surface area contributed by atoms with Gasteiger partial charge >= 0.3 is 0 Å². The first-order valence-electron chi connectivity index (χ1n) is 5.61. The van der Waals surface area contributed by atoms with Crippen LogP contribution >= 0.6 is 11.3 Å². The molecule has 0 bridgehead atoms. The van der Waals surface area contributed by atoms with E-state index < -0.39 is 0 Å². The zero-order valence-corrected chi connectivity index (χ0v) is 10.6. The summed E-state index contributed by atoms with van der Waals surface area (Å²) in [6.07, 6.45) is 3.75. The van der Waals surface area contributed by atoms with Crippen molar-refractivity contribution in [3.05, 3.63) is 35.6 Å². The van der Waals surface area contributed by atoms with Crippen LogP contribution in [0.1, 0.15) is 5.69 Å². The lowest BCUT2D eigenvalue weighted by atomic mass is 10.3. The predicted molar refractivity (Wildman–Crippen MR) is 71.1 cm³/mol. The summed E-state index contributed by atoms with van der Waals surface area (Å²) in [7, 11) is 0. The first-order chi connectivity index (χ1) is 8.79.